The lowest BCUT2D eigenvalue weighted by Gasteiger charge is -2.23. The molecule has 0 radical (unpaired) electrons. The molecule has 72 valence electrons. The maximum Gasteiger partial charge on any atom is 0.0960 e. The molecule has 1 aromatic heterocycles. The predicted molar refractivity (Wildman–Crippen MR) is 55.1 cm³/mol. The van der Waals surface area contributed by atoms with Crippen molar-refractivity contribution in [3.63, 3.8) is 0 Å². The first-order valence-electron chi connectivity index (χ1n) is 4.77. The first-order chi connectivity index (χ1) is 6.36. The Morgan fingerprint density at radius 2 is 2.54 bits per heavy atom. The lowest BCUT2D eigenvalue weighted by molar-refractivity contribution is 0.0492. The van der Waals surface area contributed by atoms with Gasteiger partial charge in [-0.2, -0.15) is 0 Å². The van der Waals surface area contributed by atoms with Gasteiger partial charge in [0.05, 0.1) is 12.7 Å². The van der Waals surface area contributed by atoms with Crippen LogP contribution in [0.4, 0.5) is 0 Å². The summed E-state index contributed by atoms with van der Waals surface area (Å²) < 4.78 is 5.64. The van der Waals surface area contributed by atoms with Crippen molar-refractivity contribution in [1.82, 2.24) is 0 Å². The van der Waals surface area contributed by atoms with E-state index in [4.69, 9.17) is 10.5 Å². The monoisotopic (exact) mass is 197 g/mol. The van der Waals surface area contributed by atoms with Gasteiger partial charge in [-0.25, -0.2) is 0 Å². The number of nitrogens with two attached hydrogens (primary N) is 1. The molecule has 1 aromatic rings. The molecule has 3 heteroatoms. The van der Waals surface area contributed by atoms with Crippen molar-refractivity contribution in [3.8, 4) is 0 Å². The zero-order valence-electron chi connectivity index (χ0n) is 7.88. The summed E-state index contributed by atoms with van der Waals surface area (Å²) in [5.41, 5.74) is 8.50. The Balaban J connectivity index is 2.39. The number of ether oxygens (including phenoxy) is 1. The van der Waals surface area contributed by atoms with Crippen molar-refractivity contribution in [2.75, 3.05) is 13.2 Å². The van der Waals surface area contributed by atoms with Crippen molar-refractivity contribution in [2.45, 2.75) is 25.9 Å². The summed E-state index contributed by atoms with van der Waals surface area (Å²) in [4.78, 5) is 1.48. The Hall–Kier alpha value is -0.380. The highest BCUT2D eigenvalue weighted by molar-refractivity contribution is 7.10. The second kappa shape index (κ2) is 3.78. The van der Waals surface area contributed by atoms with Gasteiger partial charge in [-0.1, -0.05) is 6.92 Å². The highest BCUT2D eigenvalue weighted by Gasteiger charge is 2.23. The van der Waals surface area contributed by atoms with Gasteiger partial charge >= 0.3 is 0 Å². The molecule has 0 amide bonds. The Morgan fingerprint density at radius 1 is 1.69 bits per heavy atom. The van der Waals surface area contributed by atoms with Crippen LogP contribution < -0.4 is 5.73 Å². The molecule has 13 heavy (non-hydrogen) atoms. The van der Waals surface area contributed by atoms with Gasteiger partial charge in [-0.15, -0.1) is 11.3 Å². The van der Waals surface area contributed by atoms with E-state index >= 15 is 0 Å². The molecule has 0 unspecified atom stereocenters. The van der Waals surface area contributed by atoms with E-state index < -0.39 is 0 Å². The first-order valence-corrected chi connectivity index (χ1v) is 5.65. The molecule has 0 fully saturated rings. The van der Waals surface area contributed by atoms with E-state index in [1.807, 2.05) is 11.3 Å². The summed E-state index contributed by atoms with van der Waals surface area (Å²) in [6.45, 7) is 3.62. The van der Waals surface area contributed by atoms with Gasteiger partial charge in [0.25, 0.3) is 0 Å². The molecule has 1 aliphatic rings. The fraction of sp³-hybridized carbons (Fsp3) is 0.600. The van der Waals surface area contributed by atoms with Crippen LogP contribution >= 0.6 is 11.3 Å². The minimum absolute atomic E-state index is 0.157. The van der Waals surface area contributed by atoms with Crippen LogP contribution in [0.25, 0.3) is 0 Å². The number of fused-ring (bicyclic) bond motifs is 1. The number of thiophene rings is 1. The Kier molecular flexibility index (Phi) is 2.67. The smallest absolute Gasteiger partial charge is 0.0960 e. The fourth-order valence-electron chi connectivity index (χ4n) is 1.87. The van der Waals surface area contributed by atoms with Crippen LogP contribution in [0.3, 0.4) is 0 Å². The van der Waals surface area contributed by atoms with Crippen molar-refractivity contribution in [3.05, 3.63) is 21.4 Å². The van der Waals surface area contributed by atoms with Gasteiger partial charge < -0.3 is 10.5 Å². The minimum Gasteiger partial charge on any atom is -0.372 e. The summed E-state index contributed by atoms with van der Waals surface area (Å²) in [6.07, 6.45) is 2.31. The summed E-state index contributed by atoms with van der Waals surface area (Å²) in [5, 5.41) is 2.25. The van der Waals surface area contributed by atoms with Crippen LogP contribution in [-0.2, 0) is 17.6 Å². The minimum atomic E-state index is 0.157. The SMILES string of the molecule is CCc1csc2c1[C@@H](CN)OCC2. The van der Waals surface area contributed by atoms with Gasteiger partial charge in [-0.05, 0) is 22.9 Å². The van der Waals surface area contributed by atoms with Gasteiger partial charge in [0.15, 0.2) is 0 Å². The van der Waals surface area contributed by atoms with E-state index in [1.165, 1.54) is 16.0 Å². The Bertz CT molecular complexity index is 282. The van der Waals surface area contributed by atoms with E-state index in [0.29, 0.717) is 6.54 Å². The van der Waals surface area contributed by atoms with E-state index in [2.05, 4.69) is 12.3 Å². The molecule has 2 heterocycles. The van der Waals surface area contributed by atoms with Crippen molar-refractivity contribution < 1.29 is 4.74 Å². The van der Waals surface area contributed by atoms with E-state index in [-0.39, 0.29) is 6.10 Å². The predicted octanol–water partition coefficient (Wildman–Crippen LogP) is 1.88. The number of hydrogen-bond donors (Lipinski definition) is 1. The van der Waals surface area contributed by atoms with Crippen LogP contribution in [0.5, 0.6) is 0 Å². The topological polar surface area (TPSA) is 35.2 Å². The van der Waals surface area contributed by atoms with Crippen molar-refractivity contribution in [1.29, 1.82) is 0 Å². The highest BCUT2D eigenvalue weighted by atomic mass is 32.1. The van der Waals surface area contributed by atoms with E-state index in [0.717, 1.165) is 19.4 Å². The second-order valence-corrected chi connectivity index (χ2v) is 4.26. The fourth-order valence-corrected chi connectivity index (χ4v) is 3.03. The third kappa shape index (κ3) is 1.52. The highest BCUT2D eigenvalue weighted by Crippen LogP contribution is 2.34. The molecular formula is C10H15NOS. The zero-order valence-corrected chi connectivity index (χ0v) is 8.69. The van der Waals surface area contributed by atoms with Crippen molar-refractivity contribution in [2.24, 2.45) is 5.73 Å². The van der Waals surface area contributed by atoms with Crippen molar-refractivity contribution >= 4 is 11.3 Å². The van der Waals surface area contributed by atoms with Crippen LogP contribution in [-0.4, -0.2) is 13.2 Å². The largest absolute Gasteiger partial charge is 0.372 e. The van der Waals surface area contributed by atoms with Gasteiger partial charge in [-0.3, -0.25) is 0 Å². The average molecular weight is 197 g/mol. The second-order valence-electron chi connectivity index (χ2n) is 3.30. The molecule has 0 saturated carbocycles. The summed E-state index contributed by atoms with van der Waals surface area (Å²) in [7, 11) is 0. The normalized spacial score (nSPS) is 21.5. The van der Waals surface area contributed by atoms with Crippen LogP contribution in [0.1, 0.15) is 29.0 Å². The average Bonchev–Trinajstić information content (AvgIpc) is 2.60. The quantitative estimate of drug-likeness (QED) is 0.785. The summed E-state index contributed by atoms with van der Waals surface area (Å²) >= 11 is 1.86. The van der Waals surface area contributed by atoms with Crippen LogP contribution in [0.2, 0.25) is 0 Å². The lowest BCUT2D eigenvalue weighted by Crippen LogP contribution is -2.22. The lowest BCUT2D eigenvalue weighted by atomic mass is 10.00. The maximum atomic E-state index is 5.68. The summed E-state index contributed by atoms with van der Waals surface area (Å²) in [5.74, 6) is 0. The molecule has 1 atom stereocenters. The third-order valence-corrected chi connectivity index (χ3v) is 3.67. The van der Waals surface area contributed by atoms with Gasteiger partial charge in [0.2, 0.25) is 0 Å². The third-order valence-electron chi connectivity index (χ3n) is 2.55. The Morgan fingerprint density at radius 3 is 3.23 bits per heavy atom. The molecule has 2 rings (SSSR count). The number of rotatable bonds is 2. The molecule has 0 saturated heterocycles. The molecule has 0 spiro atoms. The van der Waals surface area contributed by atoms with Crippen LogP contribution in [0.15, 0.2) is 5.38 Å². The number of aryl methyl sites for hydroxylation is 1. The standard InChI is InChI=1S/C10H15NOS/c1-2-7-6-13-9-3-4-12-8(5-11)10(7)9/h6,8H,2-5,11H2,1H3/t8-/m1/s1. The Labute approximate surface area is 82.7 Å². The number of hydrogen-bond acceptors (Lipinski definition) is 3. The van der Waals surface area contributed by atoms with Gasteiger partial charge in [0, 0.05) is 17.8 Å². The molecule has 0 aliphatic carbocycles. The van der Waals surface area contributed by atoms with E-state index in [1.54, 1.807) is 0 Å². The molecule has 2 N–H and O–H groups in total. The molecule has 1 aliphatic heterocycles. The summed E-state index contributed by atoms with van der Waals surface area (Å²) in [6, 6.07) is 0. The van der Waals surface area contributed by atoms with Crippen LogP contribution in [0, 0.1) is 0 Å². The molecular weight excluding hydrogens is 182 g/mol. The molecule has 0 bridgehead atoms. The molecule has 2 nitrogen and oxygen atoms in total. The van der Waals surface area contributed by atoms with Gasteiger partial charge in [0.1, 0.15) is 0 Å². The van der Waals surface area contributed by atoms with E-state index in [9.17, 15) is 0 Å². The zero-order chi connectivity index (χ0) is 9.26. The first kappa shape index (κ1) is 9.19. The molecule has 0 aromatic carbocycles. The maximum absolute atomic E-state index is 5.68.